The Morgan fingerprint density at radius 2 is 2.00 bits per heavy atom. The lowest BCUT2D eigenvalue weighted by atomic mass is 10.2. The number of aromatic amines is 1. The number of rotatable bonds is 1. The number of nitrogens with one attached hydrogen (secondary N) is 1. The van der Waals surface area contributed by atoms with E-state index in [0.717, 1.165) is 0 Å². The summed E-state index contributed by atoms with van der Waals surface area (Å²) in [6.45, 7) is 0. The van der Waals surface area contributed by atoms with Crippen LogP contribution in [0.25, 0.3) is 10.9 Å². The predicted octanol–water partition coefficient (Wildman–Crippen LogP) is 4.77. The number of alkyl halides is 3. The number of halogens is 5. The lowest BCUT2D eigenvalue weighted by Gasteiger charge is -2.12. The van der Waals surface area contributed by atoms with Gasteiger partial charge in [-0.2, -0.15) is 0 Å². The lowest BCUT2D eigenvalue weighted by Crippen LogP contribution is -2.17. The number of fused-ring (bicyclic) bond motifs is 1. The van der Waals surface area contributed by atoms with Gasteiger partial charge in [-0.15, -0.1) is 25.8 Å². The lowest BCUT2D eigenvalue weighted by molar-refractivity contribution is -0.274. The molecule has 1 aromatic heterocycles. The van der Waals surface area contributed by atoms with Gasteiger partial charge in [0, 0.05) is 5.39 Å². The van der Waals surface area contributed by atoms with E-state index < -0.39 is 12.1 Å². The van der Waals surface area contributed by atoms with Gasteiger partial charge < -0.3 is 9.72 Å². The van der Waals surface area contributed by atoms with Crippen LogP contribution in [0.3, 0.4) is 0 Å². The van der Waals surface area contributed by atoms with Crippen LogP contribution in [0.1, 0.15) is 0 Å². The highest BCUT2D eigenvalue weighted by Crippen LogP contribution is 2.42. The van der Waals surface area contributed by atoms with Gasteiger partial charge in [0.15, 0.2) is 5.75 Å². The van der Waals surface area contributed by atoms with Gasteiger partial charge in [-0.25, -0.2) is 0 Å². The molecule has 0 aliphatic heterocycles. The molecule has 2 rings (SSSR count). The average molecular weight is 347 g/mol. The molecule has 0 spiro atoms. The van der Waals surface area contributed by atoms with E-state index in [0.29, 0.717) is 15.9 Å². The topological polar surface area (TPSA) is 25.0 Å². The largest absolute Gasteiger partial charge is 0.573 e. The first-order valence-corrected chi connectivity index (χ1v) is 5.85. The minimum atomic E-state index is -4.80. The first-order valence-electron chi connectivity index (χ1n) is 4.23. The summed E-state index contributed by atoms with van der Waals surface area (Å²) in [4.78, 5) is 2.79. The maximum absolute atomic E-state index is 12.2. The highest BCUT2D eigenvalue weighted by Gasteiger charge is 2.33. The van der Waals surface area contributed by atoms with E-state index in [1.807, 2.05) is 0 Å². The molecule has 0 unspecified atom stereocenters. The summed E-state index contributed by atoms with van der Waals surface area (Å²) < 4.78 is 40.5. The number of thiol groups is 1. The van der Waals surface area contributed by atoms with Gasteiger partial charge in [0.25, 0.3) is 0 Å². The van der Waals surface area contributed by atoms with Crippen LogP contribution in [0.15, 0.2) is 21.6 Å². The van der Waals surface area contributed by atoms with Crippen molar-refractivity contribution >= 4 is 51.1 Å². The molecule has 0 aliphatic rings. The monoisotopic (exact) mass is 345 g/mol. The van der Waals surface area contributed by atoms with Crippen LogP contribution in [0.5, 0.6) is 5.75 Å². The molecule has 1 heterocycles. The molecule has 0 bridgehead atoms. The van der Waals surface area contributed by atoms with E-state index in [2.05, 4.69) is 38.3 Å². The van der Waals surface area contributed by atoms with Crippen LogP contribution in [0.4, 0.5) is 13.2 Å². The molecule has 2 aromatic rings. The molecular formula is C9H4BrClF3NOS. The molecular weight excluding hydrogens is 343 g/mol. The Balaban J connectivity index is 2.63. The Bertz CT molecular complexity index is 584. The van der Waals surface area contributed by atoms with Gasteiger partial charge >= 0.3 is 6.36 Å². The van der Waals surface area contributed by atoms with Gasteiger partial charge in [0.2, 0.25) is 0 Å². The second-order valence-electron chi connectivity index (χ2n) is 3.17. The van der Waals surface area contributed by atoms with E-state index >= 15 is 0 Å². The van der Waals surface area contributed by atoms with Crippen molar-refractivity contribution in [1.82, 2.24) is 4.98 Å². The molecule has 92 valence electrons. The standard InChI is InChI=1S/C9H4BrClF3NOS/c10-6-7-3(2-5(17)15-7)1-4(11)8(6)16-9(12,13)14/h1-2,15,17H. The molecule has 0 saturated heterocycles. The Morgan fingerprint density at radius 3 is 2.59 bits per heavy atom. The zero-order valence-corrected chi connectivity index (χ0v) is 11.1. The quantitative estimate of drug-likeness (QED) is 0.714. The van der Waals surface area contributed by atoms with Crippen LogP contribution in [0.2, 0.25) is 5.02 Å². The van der Waals surface area contributed by atoms with Crippen molar-refractivity contribution in [3.05, 3.63) is 21.6 Å². The highest BCUT2D eigenvalue weighted by atomic mass is 79.9. The fraction of sp³-hybridized carbons (Fsp3) is 0.111. The fourth-order valence-corrected chi connectivity index (χ4v) is 2.62. The third-order valence-electron chi connectivity index (χ3n) is 1.97. The van der Waals surface area contributed by atoms with Crippen LogP contribution in [-0.2, 0) is 0 Å². The molecule has 17 heavy (non-hydrogen) atoms. The first-order chi connectivity index (χ1) is 7.78. The highest BCUT2D eigenvalue weighted by molar-refractivity contribution is 9.10. The molecule has 0 amide bonds. The van der Waals surface area contributed by atoms with Crippen molar-refractivity contribution in [3.8, 4) is 5.75 Å². The Kier molecular flexibility index (Phi) is 3.26. The SMILES string of the molecule is FC(F)(F)Oc1c(Cl)cc2cc(S)[nH]c2c1Br. The van der Waals surface area contributed by atoms with E-state index in [1.54, 1.807) is 6.07 Å². The third-order valence-corrected chi connectivity index (χ3v) is 3.25. The Hall–Kier alpha value is -0.530. The van der Waals surface area contributed by atoms with Gasteiger partial charge in [-0.05, 0) is 28.1 Å². The van der Waals surface area contributed by atoms with Crippen molar-refractivity contribution in [2.24, 2.45) is 0 Å². The average Bonchev–Trinajstić information content (AvgIpc) is 2.52. The summed E-state index contributed by atoms with van der Waals surface area (Å²) in [5.74, 6) is -0.471. The molecule has 1 aromatic carbocycles. The summed E-state index contributed by atoms with van der Waals surface area (Å²) in [7, 11) is 0. The zero-order valence-electron chi connectivity index (χ0n) is 7.90. The van der Waals surface area contributed by atoms with Crippen LogP contribution in [-0.4, -0.2) is 11.3 Å². The van der Waals surface area contributed by atoms with Gasteiger partial charge in [-0.1, -0.05) is 11.6 Å². The Morgan fingerprint density at radius 1 is 1.35 bits per heavy atom. The maximum atomic E-state index is 12.2. The minimum Gasteiger partial charge on any atom is -0.403 e. The van der Waals surface area contributed by atoms with Gasteiger partial charge in [0.1, 0.15) is 0 Å². The summed E-state index contributed by atoms with van der Waals surface area (Å²) in [5, 5.41) is 1.02. The molecule has 0 fully saturated rings. The normalized spacial score (nSPS) is 12.1. The molecule has 0 aliphatic carbocycles. The number of H-pyrrole nitrogens is 1. The number of benzene rings is 1. The van der Waals surface area contributed by atoms with Gasteiger partial charge in [0.05, 0.1) is 20.0 Å². The second-order valence-corrected chi connectivity index (χ2v) is 4.85. The van der Waals surface area contributed by atoms with Crippen LogP contribution in [0, 0.1) is 0 Å². The number of hydrogen-bond donors (Lipinski definition) is 2. The molecule has 0 radical (unpaired) electrons. The van der Waals surface area contributed by atoms with E-state index in [4.69, 9.17) is 11.6 Å². The summed E-state index contributed by atoms with van der Waals surface area (Å²) in [6, 6.07) is 3.02. The summed E-state index contributed by atoms with van der Waals surface area (Å²) >= 11 is 12.8. The molecule has 8 heteroatoms. The Labute approximate surface area is 113 Å². The minimum absolute atomic E-state index is 0.109. The fourth-order valence-electron chi connectivity index (χ4n) is 1.38. The van der Waals surface area contributed by atoms with E-state index in [1.165, 1.54) is 6.07 Å². The maximum Gasteiger partial charge on any atom is 0.573 e. The molecule has 0 atom stereocenters. The van der Waals surface area contributed by atoms with Crippen molar-refractivity contribution < 1.29 is 17.9 Å². The zero-order chi connectivity index (χ0) is 12.8. The second kappa shape index (κ2) is 4.29. The van der Waals surface area contributed by atoms with E-state index in [-0.39, 0.29) is 9.50 Å². The van der Waals surface area contributed by atoms with Crippen LogP contribution >= 0.6 is 40.2 Å². The third kappa shape index (κ3) is 2.66. The summed E-state index contributed by atoms with van der Waals surface area (Å²) in [5.41, 5.74) is 0.443. The predicted molar refractivity (Wildman–Crippen MR) is 64.9 cm³/mol. The molecule has 2 nitrogen and oxygen atoms in total. The van der Waals surface area contributed by atoms with Crippen molar-refractivity contribution in [2.45, 2.75) is 11.4 Å². The van der Waals surface area contributed by atoms with E-state index in [9.17, 15) is 13.2 Å². The number of hydrogen-bond acceptors (Lipinski definition) is 2. The van der Waals surface area contributed by atoms with Crippen molar-refractivity contribution in [2.75, 3.05) is 0 Å². The van der Waals surface area contributed by atoms with Crippen molar-refractivity contribution in [1.29, 1.82) is 0 Å². The molecule has 1 N–H and O–H groups in total. The molecule has 0 saturated carbocycles. The summed E-state index contributed by atoms with van der Waals surface area (Å²) in [6.07, 6.45) is -4.80. The van der Waals surface area contributed by atoms with Crippen LogP contribution < -0.4 is 4.74 Å². The smallest absolute Gasteiger partial charge is 0.403 e. The first kappa shape index (κ1) is 12.9. The number of aromatic nitrogens is 1. The number of ether oxygens (including phenoxy) is 1. The van der Waals surface area contributed by atoms with Crippen molar-refractivity contribution in [3.63, 3.8) is 0 Å². The van der Waals surface area contributed by atoms with Gasteiger partial charge in [-0.3, -0.25) is 0 Å².